The molecule has 1 saturated heterocycles. The fourth-order valence-electron chi connectivity index (χ4n) is 2.31. The molecule has 0 amide bonds. The molecule has 0 aromatic heterocycles. The first-order valence-corrected chi connectivity index (χ1v) is 6.39. The van der Waals surface area contributed by atoms with E-state index in [-0.39, 0.29) is 0 Å². The van der Waals surface area contributed by atoms with Crippen LogP contribution in [-0.2, 0) is 0 Å². The predicted octanol–water partition coefficient (Wildman–Crippen LogP) is 2.91. The number of hydrogen-bond donors (Lipinski definition) is 1. The van der Waals surface area contributed by atoms with Crippen molar-refractivity contribution in [3.63, 3.8) is 0 Å². The third-order valence-electron chi connectivity index (χ3n) is 3.20. The smallest absolute Gasteiger partial charge is 0.161 e. The molecule has 0 spiro atoms. The van der Waals surface area contributed by atoms with E-state index in [9.17, 15) is 0 Å². The van der Waals surface area contributed by atoms with Crippen LogP contribution in [0.15, 0.2) is 18.2 Å². The van der Waals surface area contributed by atoms with E-state index in [1.165, 1.54) is 24.8 Å². The molecule has 1 atom stereocenters. The van der Waals surface area contributed by atoms with Gasteiger partial charge in [0.05, 0.1) is 13.7 Å². The van der Waals surface area contributed by atoms with Crippen LogP contribution in [0.1, 0.15) is 37.8 Å². The van der Waals surface area contributed by atoms with Crippen LogP contribution in [0.2, 0.25) is 0 Å². The molecule has 1 aliphatic rings. The van der Waals surface area contributed by atoms with Crippen molar-refractivity contribution in [1.82, 2.24) is 5.32 Å². The largest absolute Gasteiger partial charge is 0.493 e. The minimum Gasteiger partial charge on any atom is -0.493 e. The van der Waals surface area contributed by atoms with Crippen molar-refractivity contribution >= 4 is 0 Å². The first-order valence-electron chi connectivity index (χ1n) is 6.39. The molecule has 17 heavy (non-hydrogen) atoms. The van der Waals surface area contributed by atoms with Gasteiger partial charge in [0.2, 0.25) is 0 Å². The zero-order valence-corrected chi connectivity index (χ0v) is 10.7. The van der Waals surface area contributed by atoms with Gasteiger partial charge in [-0.15, -0.1) is 0 Å². The van der Waals surface area contributed by atoms with Crippen molar-refractivity contribution < 1.29 is 9.47 Å². The summed E-state index contributed by atoms with van der Waals surface area (Å²) >= 11 is 0. The van der Waals surface area contributed by atoms with E-state index in [0.717, 1.165) is 18.0 Å². The van der Waals surface area contributed by atoms with Crippen LogP contribution in [0.5, 0.6) is 11.5 Å². The van der Waals surface area contributed by atoms with Crippen molar-refractivity contribution in [2.75, 3.05) is 20.3 Å². The van der Waals surface area contributed by atoms with E-state index in [1.807, 2.05) is 13.0 Å². The second kappa shape index (κ2) is 5.92. The molecular weight excluding hydrogens is 214 g/mol. The van der Waals surface area contributed by atoms with Crippen LogP contribution < -0.4 is 14.8 Å². The highest BCUT2D eigenvalue weighted by Gasteiger charge is 2.16. The number of rotatable bonds is 4. The lowest BCUT2D eigenvalue weighted by Crippen LogP contribution is -2.26. The van der Waals surface area contributed by atoms with Gasteiger partial charge in [-0.3, -0.25) is 0 Å². The maximum Gasteiger partial charge on any atom is 0.161 e. The minimum atomic E-state index is 0.467. The average Bonchev–Trinajstić information content (AvgIpc) is 2.40. The number of piperidine rings is 1. The van der Waals surface area contributed by atoms with E-state index in [0.29, 0.717) is 12.6 Å². The van der Waals surface area contributed by atoms with Gasteiger partial charge in [0.15, 0.2) is 11.5 Å². The van der Waals surface area contributed by atoms with E-state index >= 15 is 0 Å². The van der Waals surface area contributed by atoms with Crippen LogP contribution >= 0.6 is 0 Å². The Balaban J connectivity index is 2.19. The van der Waals surface area contributed by atoms with Gasteiger partial charge in [-0.25, -0.2) is 0 Å². The maximum absolute atomic E-state index is 5.61. The highest BCUT2D eigenvalue weighted by molar-refractivity contribution is 5.43. The molecule has 1 heterocycles. The first kappa shape index (κ1) is 12.2. The molecule has 94 valence electrons. The lowest BCUT2D eigenvalue weighted by molar-refractivity contribution is 0.309. The molecule has 3 heteroatoms. The Morgan fingerprint density at radius 1 is 1.29 bits per heavy atom. The average molecular weight is 235 g/mol. The third-order valence-corrected chi connectivity index (χ3v) is 3.20. The van der Waals surface area contributed by atoms with Gasteiger partial charge in [0.25, 0.3) is 0 Å². The molecule has 2 rings (SSSR count). The fraction of sp³-hybridized carbons (Fsp3) is 0.571. The summed E-state index contributed by atoms with van der Waals surface area (Å²) in [6.45, 7) is 3.77. The summed E-state index contributed by atoms with van der Waals surface area (Å²) in [5, 5.41) is 3.55. The summed E-state index contributed by atoms with van der Waals surface area (Å²) in [7, 11) is 1.68. The Labute approximate surface area is 103 Å². The van der Waals surface area contributed by atoms with Crippen LogP contribution in [0.25, 0.3) is 0 Å². The molecule has 0 radical (unpaired) electrons. The Hall–Kier alpha value is -1.22. The SMILES string of the molecule is CCOc1cc([C@H]2CCCCN2)ccc1OC. The lowest BCUT2D eigenvalue weighted by Gasteiger charge is -2.24. The van der Waals surface area contributed by atoms with Crippen LogP contribution in [0.3, 0.4) is 0 Å². The topological polar surface area (TPSA) is 30.5 Å². The molecule has 0 unspecified atom stereocenters. The molecule has 1 fully saturated rings. The van der Waals surface area contributed by atoms with Gasteiger partial charge in [0.1, 0.15) is 0 Å². The van der Waals surface area contributed by atoms with Crippen molar-refractivity contribution in [2.24, 2.45) is 0 Å². The standard InChI is InChI=1S/C14H21NO2/c1-3-17-14-10-11(7-8-13(14)16-2)12-6-4-5-9-15-12/h7-8,10,12,15H,3-6,9H2,1-2H3/t12-/m1/s1. The Morgan fingerprint density at radius 2 is 2.18 bits per heavy atom. The second-order valence-corrected chi connectivity index (χ2v) is 4.35. The Bertz CT molecular complexity index is 359. The molecule has 0 saturated carbocycles. The van der Waals surface area contributed by atoms with E-state index < -0.39 is 0 Å². The highest BCUT2D eigenvalue weighted by atomic mass is 16.5. The number of methoxy groups -OCH3 is 1. The summed E-state index contributed by atoms with van der Waals surface area (Å²) in [5.74, 6) is 1.66. The summed E-state index contributed by atoms with van der Waals surface area (Å²) in [6, 6.07) is 6.69. The summed E-state index contributed by atoms with van der Waals surface area (Å²) in [5.41, 5.74) is 1.30. The molecule has 1 aromatic carbocycles. The molecule has 0 aliphatic carbocycles. The highest BCUT2D eigenvalue weighted by Crippen LogP contribution is 2.32. The van der Waals surface area contributed by atoms with Gasteiger partial charge < -0.3 is 14.8 Å². The maximum atomic E-state index is 5.61. The van der Waals surface area contributed by atoms with E-state index in [1.54, 1.807) is 7.11 Å². The van der Waals surface area contributed by atoms with Gasteiger partial charge in [-0.2, -0.15) is 0 Å². The summed E-state index contributed by atoms with van der Waals surface area (Å²) in [4.78, 5) is 0. The minimum absolute atomic E-state index is 0.467. The first-order chi connectivity index (χ1) is 8.35. The number of hydrogen-bond acceptors (Lipinski definition) is 3. The zero-order chi connectivity index (χ0) is 12.1. The van der Waals surface area contributed by atoms with E-state index in [4.69, 9.17) is 9.47 Å². The predicted molar refractivity (Wildman–Crippen MR) is 68.8 cm³/mol. The summed E-state index contributed by atoms with van der Waals surface area (Å²) in [6.07, 6.45) is 3.79. The zero-order valence-electron chi connectivity index (χ0n) is 10.7. The van der Waals surface area contributed by atoms with Gasteiger partial charge in [-0.1, -0.05) is 12.5 Å². The quantitative estimate of drug-likeness (QED) is 0.870. The van der Waals surface area contributed by atoms with Gasteiger partial charge in [-0.05, 0) is 44.0 Å². The Kier molecular flexibility index (Phi) is 4.26. The van der Waals surface area contributed by atoms with Crippen LogP contribution in [0, 0.1) is 0 Å². The molecule has 3 nitrogen and oxygen atoms in total. The molecule has 1 N–H and O–H groups in total. The molecule has 1 aromatic rings. The van der Waals surface area contributed by atoms with Crippen molar-refractivity contribution in [2.45, 2.75) is 32.2 Å². The van der Waals surface area contributed by atoms with Crippen molar-refractivity contribution in [3.8, 4) is 11.5 Å². The second-order valence-electron chi connectivity index (χ2n) is 4.35. The van der Waals surface area contributed by atoms with E-state index in [2.05, 4.69) is 17.4 Å². The van der Waals surface area contributed by atoms with Gasteiger partial charge >= 0.3 is 0 Å². The molecule has 1 aliphatic heterocycles. The Morgan fingerprint density at radius 3 is 2.82 bits per heavy atom. The lowest BCUT2D eigenvalue weighted by atomic mass is 9.97. The van der Waals surface area contributed by atoms with Crippen molar-refractivity contribution in [3.05, 3.63) is 23.8 Å². The number of ether oxygens (including phenoxy) is 2. The molecule has 0 bridgehead atoms. The number of nitrogens with one attached hydrogen (secondary N) is 1. The number of benzene rings is 1. The fourth-order valence-corrected chi connectivity index (χ4v) is 2.31. The van der Waals surface area contributed by atoms with Crippen molar-refractivity contribution in [1.29, 1.82) is 0 Å². The van der Waals surface area contributed by atoms with Crippen LogP contribution in [0.4, 0.5) is 0 Å². The third kappa shape index (κ3) is 2.91. The monoisotopic (exact) mass is 235 g/mol. The normalized spacial score (nSPS) is 20.0. The van der Waals surface area contributed by atoms with Crippen LogP contribution in [-0.4, -0.2) is 20.3 Å². The summed E-state index contributed by atoms with van der Waals surface area (Å²) < 4.78 is 10.9. The molecular formula is C14H21NO2. The van der Waals surface area contributed by atoms with Gasteiger partial charge in [0, 0.05) is 6.04 Å².